The Bertz CT molecular complexity index is 467. The van der Waals surface area contributed by atoms with Gasteiger partial charge in [-0.3, -0.25) is 4.79 Å². The molecule has 0 aliphatic rings. The van der Waals surface area contributed by atoms with E-state index >= 15 is 0 Å². The van der Waals surface area contributed by atoms with Crippen molar-refractivity contribution in [2.75, 3.05) is 20.1 Å². The summed E-state index contributed by atoms with van der Waals surface area (Å²) in [6, 6.07) is 4.36. The number of carbonyl (C=O) groups excluding carboxylic acids is 1. The maximum Gasteiger partial charge on any atom is 0.220 e. The molecule has 1 amide bonds. The van der Waals surface area contributed by atoms with Gasteiger partial charge >= 0.3 is 0 Å². The highest BCUT2D eigenvalue weighted by atomic mass is 35.5. The van der Waals surface area contributed by atoms with Gasteiger partial charge in [0.15, 0.2) is 0 Å². The molecule has 6 heteroatoms. The quantitative estimate of drug-likeness (QED) is 0.750. The van der Waals surface area contributed by atoms with E-state index in [1.165, 1.54) is 12.1 Å². The molecule has 0 aliphatic carbocycles. The van der Waals surface area contributed by atoms with Crippen LogP contribution in [0.4, 0.5) is 4.39 Å². The minimum absolute atomic E-state index is 0. The molecule has 2 N–H and O–H groups in total. The molecule has 21 heavy (non-hydrogen) atoms. The number of carbonyl (C=O) groups is 1. The largest absolute Gasteiger partial charge is 0.355 e. The van der Waals surface area contributed by atoms with E-state index in [2.05, 4.69) is 10.6 Å². The zero-order valence-electron chi connectivity index (χ0n) is 12.6. The maximum atomic E-state index is 13.1. The summed E-state index contributed by atoms with van der Waals surface area (Å²) in [5, 5.41) is 6.29. The minimum atomic E-state index is -0.356. The van der Waals surface area contributed by atoms with Gasteiger partial charge in [-0.2, -0.15) is 0 Å². The Hall–Kier alpha value is -0.840. The molecule has 1 aromatic carbocycles. The highest BCUT2D eigenvalue weighted by Crippen LogP contribution is 2.29. The van der Waals surface area contributed by atoms with Gasteiger partial charge in [0.2, 0.25) is 5.91 Å². The van der Waals surface area contributed by atoms with Crippen LogP contribution >= 0.6 is 24.0 Å². The second kappa shape index (κ2) is 9.23. The molecule has 0 saturated carbocycles. The van der Waals surface area contributed by atoms with Gasteiger partial charge in [0.05, 0.1) is 0 Å². The van der Waals surface area contributed by atoms with E-state index < -0.39 is 0 Å². The van der Waals surface area contributed by atoms with Crippen LogP contribution in [0.5, 0.6) is 0 Å². The lowest BCUT2D eigenvalue weighted by molar-refractivity contribution is -0.121. The van der Waals surface area contributed by atoms with Gasteiger partial charge in [-0.25, -0.2) is 4.39 Å². The molecular formula is C15H23Cl2FN2O. The molecular weight excluding hydrogens is 314 g/mol. The molecule has 3 nitrogen and oxygen atoms in total. The molecule has 1 rings (SSSR count). The monoisotopic (exact) mass is 336 g/mol. The number of rotatable bonds is 7. The van der Waals surface area contributed by atoms with Crippen molar-refractivity contribution in [3.8, 4) is 0 Å². The van der Waals surface area contributed by atoms with Crippen LogP contribution in [0.15, 0.2) is 18.2 Å². The van der Waals surface area contributed by atoms with E-state index in [1.54, 1.807) is 6.07 Å². The van der Waals surface area contributed by atoms with Crippen molar-refractivity contribution in [2.45, 2.75) is 32.1 Å². The molecule has 0 radical (unpaired) electrons. The molecule has 0 heterocycles. The van der Waals surface area contributed by atoms with E-state index in [1.807, 2.05) is 20.9 Å². The van der Waals surface area contributed by atoms with E-state index in [0.717, 1.165) is 18.5 Å². The Labute approximate surface area is 137 Å². The number of benzene rings is 1. The first-order chi connectivity index (χ1) is 9.36. The van der Waals surface area contributed by atoms with Crippen molar-refractivity contribution >= 4 is 29.9 Å². The molecule has 0 aromatic heterocycles. The summed E-state index contributed by atoms with van der Waals surface area (Å²) < 4.78 is 13.1. The molecule has 120 valence electrons. The fourth-order valence-corrected chi connectivity index (χ4v) is 2.39. The average molecular weight is 337 g/mol. The zero-order valence-corrected chi connectivity index (χ0v) is 14.2. The van der Waals surface area contributed by atoms with Gasteiger partial charge in [0.1, 0.15) is 5.82 Å². The SMILES string of the molecule is CNCCCC(=O)NCC(C)(C)c1ccc(F)cc1Cl.Cl. The van der Waals surface area contributed by atoms with Crippen molar-refractivity contribution in [1.29, 1.82) is 0 Å². The van der Waals surface area contributed by atoms with Crippen LogP contribution in [-0.2, 0) is 10.2 Å². The van der Waals surface area contributed by atoms with Gasteiger partial charge in [-0.05, 0) is 37.7 Å². The Kier molecular flexibility index (Phi) is 8.86. The lowest BCUT2D eigenvalue weighted by Crippen LogP contribution is -2.37. The predicted molar refractivity (Wildman–Crippen MR) is 87.9 cm³/mol. The second-order valence-electron chi connectivity index (χ2n) is 5.49. The molecule has 0 bridgehead atoms. The summed E-state index contributed by atoms with van der Waals surface area (Å²) in [5.41, 5.74) is 0.486. The van der Waals surface area contributed by atoms with E-state index in [-0.39, 0.29) is 29.5 Å². The van der Waals surface area contributed by atoms with Crippen LogP contribution in [0.3, 0.4) is 0 Å². The van der Waals surface area contributed by atoms with Crippen LogP contribution in [-0.4, -0.2) is 26.0 Å². The van der Waals surface area contributed by atoms with Gasteiger partial charge in [-0.15, -0.1) is 12.4 Å². The van der Waals surface area contributed by atoms with Gasteiger partial charge in [-0.1, -0.05) is 31.5 Å². The number of hydrogen-bond acceptors (Lipinski definition) is 2. The molecule has 0 saturated heterocycles. The summed E-state index contributed by atoms with van der Waals surface area (Å²) in [7, 11) is 1.86. The molecule has 0 fully saturated rings. The Balaban J connectivity index is 0.00000400. The summed E-state index contributed by atoms with van der Waals surface area (Å²) >= 11 is 6.07. The lowest BCUT2D eigenvalue weighted by atomic mass is 9.84. The molecule has 0 spiro atoms. The Morgan fingerprint density at radius 3 is 2.62 bits per heavy atom. The topological polar surface area (TPSA) is 41.1 Å². The molecule has 0 aliphatic heterocycles. The summed E-state index contributed by atoms with van der Waals surface area (Å²) in [5.74, 6) is -0.336. The number of hydrogen-bond donors (Lipinski definition) is 2. The van der Waals surface area contributed by atoms with Crippen molar-refractivity contribution < 1.29 is 9.18 Å². The van der Waals surface area contributed by atoms with Crippen LogP contribution in [0.1, 0.15) is 32.3 Å². The van der Waals surface area contributed by atoms with Crippen molar-refractivity contribution in [3.63, 3.8) is 0 Å². The standard InChI is InChI=1S/C15H22ClFN2O.ClH/c1-15(2,10-19-14(20)5-4-8-18-3)12-7-6-11(17)9-13(12)16;/h6-7,9,18H,4-5,8,10H2,1-3H3,(H,19,20);1H. The smallest absolute Gasteiger partial charge is 0.220 e. The fourth-order valence-electron chi connectivity index (χ4n) is 1.97. The number of halogens is 3. The average Bonchev–Trinajstić information content (AvgIpc) is 2.36. The summed E-state index contributed by atoms with van der Waals surface area (Å²) in [6.45, 7) is 5.23. The third-order valence-electron chi connectivity index (χ3n) is 3.22. The van der Waals surface area contributed by atoms with Gasteiger partial charge < -0.3 is 10.6 Å². The van der Waals surface area contributed by atoms with Crippen LogP contribution in [0, 0.1) is 5.82 Å². The highest BCUT2D eigenvalue weighted by molar-refractivity contribution is 6.31. The predicted octanol–water partition coefficient (Wildman–Crippen LogP) is 3.29. The number of nitrogens with one attached hydrogen (secondary N) is 2. The molecule has 0 atom stereocenters. The Morgan fingerprint density at radius 2 is 2.05 bits per heavy atom. The first-order valence-corrected chi connectivity index (χ1v) is 7.11. The first-order valence-electron chi connectivity index (χ1n) is 6.73. The first kappa shape index (κ1) is 20.2. The molecule has 0 unspecified atom stereocenters. The van der Waals surface area contributed by atoms with Crippen molar-refractivity contribution in [2.24, 2.45) is 0 Å². The number of amides is 1. The normalized spacial score (nSPS) is 10.9. The zero-order chi connectivity index (χ0) is 15.2. The summed E-state index contributed by atoms with van der Waals surface area (Å²) in [6.07, 6.45) is 1.30. The fraction of sp³-hybridized carbons (Fsp3) is 0.533. The minimum Gasteiger partial charge on any atom is -0.355 e. The van der Waals surface area contributed by atoms with Crippen LogP contribution in [0.2, 0.25) is 5.02 Å². The third kappa shape index (κ3) is 6.64. The van der Waals surface area contributed by atoms with Gasteiger partial charge in [0, 0.05) is 23.4 Å². The molecule has 1 aromatic rings. The van der Waals surface area contributed by atoms with Crippen molar-refractivity contribution in [3.05, 3.63) is 34.6 Å². The second-order valence-corrected chi connectivity index (χ2v) is 5.90. The third-order valence-corrected chi connectivity index (χ3v) is 3.53. The van der Waals surface area contributed by atoms with E-state index in [4.69, 9.17) is 11.6 Å². The van der Waals surface area contributed by atoms with Gasteiger partial charge in [0.25, 0.3) is 0 Å². The van der Waals surface area contributed by atoms with Crippen molar-refractivity contribution in [1.82, 2.24) is 10.6 Å². The van der Waals surface area contributed by atoms with E-state index in [9.17, 15) is 9.18 Å². The van der Waals surface area contributed by atoms with Crippen LogP contribution in [0.25, 0.3) is 0 Å². The van der Waals surface area contributed by atoms with Crippen LogP contribution < -0.4 is 10.6 Å². The maximum absolute atomic E-state index is 13.1. The summed E-state index contributed by atoms with van der Waals surface area (Å²) in [4.78, 5) is 11.7. The Morgan fingerprint density at radius 1 is 1.38 bits per heavy atom. The lowest BCUT2D eigenvalue weighted by Gasteiger charge is -2.26. The highest BCUT2D eigenvalue weighted by Gasteiger charge is 2.24. The van der Waals surface area contributed by atoms with E-state index in [0.29, 0.717) is 18.0 Å².